The van der Waals surface area contributed by atoms with Crippen molar-refractivity contribution in [1.82, 2.24) is 5.32 Å². The second kappa shape index (κ2) is 6.62. The zero-order chi connectivity index (χ0) is 14.6. The van der Waals surface area contributed by atoms with Crippen molar-refractivity contribution in [2.24, 2.45) is 0 Å². The molecule has 0 aliphatic carbocycles. The highest BCUT2D eigenvalue weighted by Crippen LogP contribution is 2.40. The topological polar surface area (TPSA) is 89.3 Å². The van der Waals surface area contributed by atoms with E-state index in [9.17, 15) is 13.2 Å². The van der Waals surface area contributed by atoms with Gasteiger partial charge in [0, 0.05) is 6.54 Å². The summed E-state index contributed by atoms with van der Waals surface area (Å²) < 4.78 is 24.6. The maximum absolute atomic E-state index is 12.0. The van der Waals surface area contributed by atoms with Crippen LogP contribution in [0.4, 0.5) is 5.69 Å². The first-order chi connectivity index (χ1) is 8.88. The van der Waals surface area contributed by atoms with Crippen molar-refractivity contribution in [2.75, 3.05) is 24.3 Å². The van der Waals surface area contributed by atoms with Crippen molar-refractivity contribution < 1.29 is 13.2 Å². The molecule has 1 rings (SSSR count). The zero-order valence-electron chi connectivity index (χ0n) is 11.1. The Labute approximate surface area is 121 Å². The summed E-state index contributed by atoms with van der Waals surface area (Å²) >= 11 is 2.43. The molecule has 8 heteroatoms. The largest absolute Gasteiger partial charge is 0.396 e. The molecule has 108 valence electrons. The van der Waals surface area contributed by atoms with Gasteiger partial charge >= 0.3 is 0 Å². The Bertz CT molecular complexity index is 564. The maximum atomic E-state index is 12.0. The molecule has 5 nitrogen and oxygen atoms in total. The average molecular weight is 322 g/mol. The maximum Gasteiger partial charge on any atom is 0.263 e. The predicted molar refractivity (Wildman–Crippen MR) is 80.9 cm³/mol. The van der Waals surface area contributed by atoms with Crippen LogP contribution >= 0.6 is 23.1 Å². The summed E-state index contributed by atoms with van der Waals surface area (Å²) in [7, 11) is -3.42. The highest BCUT2D eigenvalue weighted by Gasteiger charge is 2.28. The van der Waals surface area contributed by atoms with Gasteiger partial charge in [-0.15, -0.1) is 23.1 Å². The van der Waals surface area contributed by atoms with Crippen LogP contribution in [0.15, 0.2) is 9.10 Å². The van der Waals surface area contributed by atoms with Gasteiger partial charge in [0.25, 0.3) is 5.91 Å². The quantitative estimate of drug-likeness (QED) is 0.782. The van der Waals surface area contributed by atoms with Crippen molar-refractivity contribution in [3.05, 3.63) is 4.88 Å². The Morgan fingerprint density at radius 1 is 1.42 bits per heavy atom. The number of nitrogen functional groups attached to an aromatic ring is 1. The van der Waals surface area contributed by atoms with E-state index in [0.717, 1.165) is 17.8 Å². The van der Waals surface area contributed by atoms with E-state index in [2.05, 4.69) is 5.32 Å². The van der Waals surface area contributed by atoms with Crippen LogP contribution in [0.1, 0.15) is 29.9 Å². The number of carbonyl (C=O) groups is 1. The van der Waals surface area contributed by atoms with Crippen LogP contribution in [-0.2, 0) is 9.84 Å². The predicted octanol–water partition coefficient (Wildman–Crippen LogP) is 1.99. The molecule has 0 saturated carbocycles. The highest BCUT2D eigenvalue weighted by molar-refractivity contribution is 8.01. The van der Waals surface area contributed by atoms with Crippen molar-refractivity contribution in [2.45, 2.75) is 29.4 Å². The summed E-state index contributed by atoms with van der Waals surface area (Å²) in [5.41, 5.74) is 5.95. The van der Waals surface area contributed by atoms with Crippen molar-refractivity contribution in [3.8, 4) is 0 Å². The van der Waals surface area contributed by atoms with E-state index >= 15 is 0 Å². The summed E-state index contributed by atoms with van der Waals surface area (Å²) in [5.74, 6) is -0.338. The van der Waals surface area contributed by atoms with Crippen LogP contribution < -0.4 is 11.1 Å². The Morgan fingerprint density at radius 2 is 2.05 bits per heavy atom. The molecule has 3 N–H and O–H groups in total. The third kappa shape index (κ3) is 3.43. The van der Waals surface area contributed by atoms with E-state index in [1.54, 1.807) is 13.2 Å². The fraction of sp³-hybridized carbons (Fsp3) is 0.545. The number of anilines is 1. The Morgan fingerprint density at radius 3 is 2.53 bits per heavy atom. The third-order valence-corrected chi connectivity index (χ3v) is 6.88. The average Bonchev–Trinajstić information content (AvgIpc) is 2.73. The van der Waals surface area contributed by atoms with Crippen molar-refractivity contribution >= 4 is 44.5 Å². The van der Waals surface area contributed by atoms with Crippen LogP contribution in [0.3, 0.4) is 0 Å². The van der Waals surface area contributed by atoms with Crippen LogP contribution in [0.5, 0.6) is 0 Å². The number of carbonyl (C=O) groups excluding carboxylic acids is 1. The smallest absolute Gasteiger partial charge is 0.263 e. The molecule has 19 heavy (non-hydrogen) atoms. The molecule has 1 aromatic rings. The fourth-order valence-electron chi connectivity index (χ4n) is 1.47. The van der Waals surface area contributed by atoms with Gasteiger partial charge in [-0.05, 0) is 12.7 Å². The first-order valence-corrected chi connectivity index (χ1v) is 9.55. The molecule has 0 spiro atoms. The third-order valence-electron chi connectivity index (χ3n) is 2.49. The minimum Gasteiger partial charge on any atom is -0.396 e. The van der Waals surface area contributed by atoms with E-state index in [1.165, 1.54) is 11.8 Å². The zero-order valence-corrected chi connectivity index (χ0v) is 13.6. The first-order valence-electron chi connectivity index (χ1n) is 5.86. The van der Waals surface area contributed by atoms with Crippen LogP contribution in [0.2, 0.25) is 0 Å². The van der Waals surface area contributed by atoms with Crippen LogP contribution in [0.25, 0.3) is 0 Å². The van der Waals surface area contributed by atoms with Gasteiger partial charge in [0.1, 0.15) is 9.77 Å². The Balaban J connectivity index is 3.29. The van der Waals surface area contributed by atoms with Gasteiger partial charge in [-0.2, -0.15) is 0 Å². The molecule has 0 aliphatic rings. The lowest BCUT2D eigenvalue weighted by Gasteiger charge is -2.04. The fourth-order valence-corrected chi connectivity index (χ4v) is 5.29. The van der Waals surface area contributed by atoms with E-state index in [1.807, 2.05) is 6.92 Å². The van der Waals surface area contributed by atoms with Gasteiger partial charge in [-0.25, -0.2) is 8.42 Å². The van der Waals surface area contributed by atoms with Crippen molar-refractivity contribution in [1.29, 1.82) is 0 Å². The summed E-state index contributed by atoms with van der Waals surface area (Å²) in [6, 6.07) is 0. The number of nitrogens with one attached hydrogen (secondary N) is 1. The molecule has 0 saturated heterocycles. The van der Waals surface area contributed by atoms with E-state index in [4.69, 9.17) is 5.73 Å². The lowest BCUT2D eigenvalue weighted by atomic mass is 10.3. The molecule has 1 amide bonds. The van der Waals surface area contributed by atoms with Crippen LogP contribution in [0, 0.1) is 0 Å². The Hall–Kier alpha value is -0.730. The van der Waals surface area contributed by atoms with Crippen molar-refractivity contribution in [3.63, 3.8) is 0 Å². The number of sulfone groups is 1. The summed E-state index contributed by atoms with van der Waals surface area (Å²) in [6.07, 6.45) is 2.58. The van der Waals surface area contributed by atoms with Gasteiger partial charge in [0.15, 0.2) is 9.84 Å². The van der Waals surface area contributed by atoms with E-state index in [0.29, 0.717) is 10.8 Å². The van der Waals surface area contributed by atoms with Gasteiger partial charge in [-0.1, -0.05) is 13.8 Å². The molecule has 0 bridgehead atoms. The van der Waals surface area contributed by atoms with Gasteiger partial charge in [0.05, 0.1) is 15.6 Å². The lowest BCUT2D eigenvalue weighted by Crippen LogP contribution is -2.24. The number of nitrogens with two attached hydrogens (primary N) is 1. The molecule has 1 heterocycles. The molecule has 0 atom stereocenters. The van der Waals surface area contributed by atoms with E-state index < -0.39 is 9.84 Å². The highest BCUT2D eigenvalue weighted by atomic mass is 32.2. The SMILES string of the molecule is CCCNC(=O)c1sc(SC)c(S(=O)(=O)CC)c1N. The number of thiophene rings is 1. The monoisotopic (exact) mass is 322 g/mol. The number of thioether (sulfide) groups is 1. The summed E-state index contributed by atoms with van der Waals surface area (Å²) in [6.45, 7) is 4.05. The van der Waals surface area contributed by atoms with Gasteiger partial charge in [0.2, 0.25) is 0 Å². The summed E-state index contributed by atoms with van der Waals surface area (Å²) in [4.78, 5) is 12.3. The number of hydrogen-bond donors (Lipinski definition) is 2. The molecule has 0 aliphatic heterocycles. The second-order valence-electron chi connectivity index (χ2n) is 3.82. The molecular weight excluding hydrogens is 304 g/mol. The molecular formula is C11H18N2O3S3. The molecule has 0 aromatic carbocycles. The Kier molecular flexibility index (Phi) is 5.69. The van der Waals surface area contributed by atoms with Gasteiger partial charge < -0.3 is 11.1 Å². The molecule has 0 fully saturated rings. The molecule has 0 unspecified atom stereocenters. The first kappa shape index (κ1) is 16.3. The summed E-state index contributed by atoms with van der Waals surface area (Å²) in [5, 5.41) is 2.71. The van der Waals surface area contributed by atoms with Crippen LogP contribution in [-0.4, -0.2) is 32.9 Å². The van der Waals surface area contributed by atoms with Gasteiger partial charge in [-0.3, -0.25) is 4.79 Å². The van der Waals surface area contributed by atoms with E-state index in [-0.39, 0.29) is 27.1 Å². The lowest BCUT2D eigenvalue weighted by molar-refractivity contribution is 0.0958. The minimum atomic E-state index is -3.42. The number of rotatable bonds is 6. The number of amides is 1. The molecule has 0 radical (unpaired) electrons. The number of hydrogen-bond acceptors (Lipinski definition) is 6. The molecule has 1 aromatic heterocycles. The minimum absolute atomic E-state index is 0.0302. The normalized spacial score (nSPS) is 11.5. The second-order valence-corrected chi connectivity index (χ2v) is 8.14. The standard InChI is InChI=1S/C11H18N2O3S3/c1-4-6-13-10(14)8-7(12)9(11(17-3)18-8)19(15,16)5-2/h4-6,12H2,1-3H3,(H,13,14).